The minimum absolute atomic E-state index is 0.439. The third-order valence-corrected chi connectivity index (χ3v) is 6.53. The first-order valence-electron chi connectivity index (χ1n) is 11.9. The maximum absolute atomic E-state index is 4.47. The van der Waals surface area contributed by atoms with Gasteiger partial charge in [-0.1, -0.05) is 54.6 Å². The van der Waals surface area contributed by atoms with Crippen molar-refractivity contribution < 1.29 is 0 Å². The number of imidazole rings is 1. The molecule has 6 nitrogen and oxygen atoms in total. The molecule has 6 heteroatoms. The number of likely N-dealkylation sites (tertiary alicyclic amines) is 1. The van der Waals surface area contributed by atoms with Crippen molar-refractivity contribution in [3.05, 3.63) is 89.5 Å². The Morgan fingerprint density at radius 1 is 1.06 bits per heavy atom. The molecule has 4 rings (SSSR count). The number of hydrogen-bond acceptors (Lipinski definition) is 3. The van der Waals surface area contributed by atoms with Gasteiger partial charge in [-0.2, -0.15) is 0 Å². The minimum Gasteiger partial charge on any atom is -0.354 e. The lowest BCUT2D eigenvalue weighted by atomic mass is 9.97. The summed E-state index contributed by atoms with van der Waals surface area (Å²) in [6, 6.07) is 20.4. The SMILES string of the molecule is CN=C(NCc1cccc(Cn2ccnc2C)c1)NC1CCN(Cc2ccccc2)C(C)C1. The summed E-state index contributed by atoms with van der Waals surface area (Å²) in [5.41, 5.74) is 3.91. The zero-order chi connectivity index (χ0) is 23.0. The van der Waals surface area contributed by atoms with Gasteiger partial charge in [-0.05, 0) is 43.4 Å². The van der Waals surface area contributed by atoms with Crippen LogP contribution in [-0.4, -0.2) is 46.1 Å². The number of benzene rings is 2. The summed E-state index contributed by atoms with van der Waals surface area (Å²) >= 11 is 0. The predicted molar refractivity (Wildman–Crippen MR) is 135 cm³/mol. The summed E-state index contributed by atoms with van der Waals surface area (Å²) in [6.07, 6.45) is 6.12. The molecule has 3 aromatic rings. The Bertz CT molecular complexity index is 1040. The van der Waals surface area contributed by atoms with Crippen LogP contribution in [0.5, 0.6) is 0 Å². The van der Waals surface area contributed by atoms with Crippen LogP contribution in [0, 0.1) is 6.92 Å². The van der Waals surface area contributed by atoms with E-state index in [2.05, 4.69) is 91.6 Å². The summed E-state index contributed by atoms with van der Waals surface area (Å²) in [4.78, 5) is 11.4. The van der Waals surface area contributed by atoms with Gasteiger partial charge in [-0.15, -0.1) is 0 Å². The second-order valence-electron chi connectivity index (χ2n) is 9.02. The first-order chi connectivity index (χ1) is 16.1. The third kappa shape index (κ3) is 6.45. The van der Waals surface area contributed by atoms with E-state index in [0.29, 0.717) is 12.1 Å². The molecule has 1 aliphatic rings. The van der Waals surface area contributed by atoms with Gasteiger partial charge in [0.2, 0.25) is 0 Å². The molecule has 1 fully saturated rings. The van der Waals surface area contributed by atoms with Crippen LogP contribution in [0.2, 0.25) is 0 Å². The van der Waals surface area contributed by atoms with Crippen LogP contribution >= 0.6 is 0 Å². The average Bonchev–Trinajstić information content (AvgIpc) is 3.23. The van der Waals surface area contributed by atoms with Crippen molar-refractivity contribution in [3.8, 4) is 0 Å². The fraction of sp³-hybridized carbons (Fsp3) is 0.407. The van der Waals surface area contributed by atoms with E-state index in [-0.39, 0.29) is 0 Å². The number of piperidine rings is 1. The number of nitrogens with zero attached hydrogens (tertiary/aromatic N) is 4. The van der Waals surface area contributed by atoms with Crippen molar-refractivity contribution in [2.45, 2.75) is 58.4 Å². The normalized spacial score (nSPS) is 19.4. The molecule has 2 N–H and O–H groups in total. The van der Waals surface area contributed by atoms with Gasteiger partial charge in [-0.3, -0.25) is 9.89 Å². The highest BCUT2D eigenvalue weighted by Gasteiger charge is 2.25. The third-order valence-electron chi connectivity index (χ3n) is 6.53. The molecule has 1 aromatic heterocycles. The number of nitrogens with one attached hydrogen (secondary N) is 2. The highest BCUT2D eigenvalue weighted by atomic mass is 15.2. The first-order valence-corrected chi connectivity index (χ1v) is 11.9. The molecule has 2 unspecified atom stereocenters. The fourth-order valence-corrected chi connectivity index (χ4v) is 4.58. The van der Waals surface area contributed by atoms with Crippen molar-refractivity contribution in [1.29, 1.82) is 0 Å². The van der Waals surface area contributed by atoms with Crippen molar-refractivity contribution in [2.24, 2.45) is 4.99 Å². The number of aromatic nitrogens is 2. The molecule has 0 amide bonds. The van der Waals surface area contributed by atoms with Gasteiger partial charge in [-0.25, -0.2) is 4.98 Å². The number of hydrogen-bond donors (Lipinski definition) is 2. The van der Waals surface area contributed by atoms with Crippen molar-refractivity contribution in [1.82, 2.24) is 25.1 Å². The Kier molecular flexibility index (Phi) is 7.79. The molecule has 0 aliphatic carbocycles. The minimum atomic E-state index is 0.439. The molecule has 33 heavy (non-hydrogen) atoms. The first kappa shape index (κ1) is 23.1. The monoisotopic (exact) mass is 444 g/mol. The summed E-state index contributed by atoms with van der Waals surface area (Å²) in [5, 5.41) is 7.15. The van der Waals surface area contributed by atoms with E-state index in [9.17, 15) is 0 Å². The van der Waals surface area contributed by atoms with Crippen LogP contribution in [0.4, 0.5) is 0 Å². The molecule has 1 saturated heterocycles. The quantitative estimate of drug-likeness (QED) is 0.428. The van der Waals surface area contributed by atoms with Gasteiger partial charge in [0.1, 0.15) is 5.82 Å². The van der Waals surface area contributed by atoms with Gasteiger partial charge in [0.25, 0.3) is 0 Å². The molecular weight excluding hydrogens is 408 g/mol. The Labute approximate surface area is 197 Å². The van der Waals surface area contributed by atoms with Crippen LogP contribution in [0.1, 0.15) is 42.3 Å². The second-order valence-corrected chi connectivity index (χ2v) is 9.02. The summed E-state index contributed by atoms with van der Waals surface area (Å²) in [5.74, 6) is 1.91. The fourth-order valence-electron chi connectivity index (χ4n) is 4.58. The maximum Gasteiger partial charge on any atom is 0.191 e. The number of aryl methyl sites for hydroxylation is 1. The molecule has 2 atom stereocenters. The summed E-state index contributed by atoms with van der Waals surface area (Å²) in [6.45, 7) is 8.08. The maximum atomic E-state index is 4.47. The molecule has 2 aromatic carbocycles. The molecule has 0 saturated carbocycles. The van der Waals surface area contributed by atoms with E-state index < -0.39 is 0 Å². The lowest BCUT2D eigenvalue weighted by molar-refractivity contribution is 0.134. The van der Waals surface area contributed by atoms with E-state index in [4.69, 9.17) is 0 Å². The van der Waals surface area contributed by atoms with Gasteiger partial charge < -0.3 is 15.2 Å². The van der Waals surface area contributed by atoms with Crippen LogP contribution in [0.15, 0.2) is 72.0 Å². The second kappa shape index (κ2) is 11.1. The molecule has 0 radical (unpaired) electrons. The van der Waals surface area contributed by atoms with Crippen LogP contribution in [0.25, 0.3) is 0 Å². The Morgan fingerprint density at radius 3 is 2.58 bits per heavy atom. The van der Waals surface area contributed by atoms with Crippen LogP contribution in [-0.2, 0) is 19.6 Å². The largest absolute Gasteiger partial charge is 0.354 e. The van der Waals surface area contributed by atoms with Gasteiger partial charge >= 0.3 is 0 Å². The van der Waals surface area contributed by atoms with Crippen LogP contribution < -0.4 is 10.6 Å². The smallest absolute Gasteiger partial charge is 0.191 e. The van der Waals surface area contributed by atoms with E-state index in [1.807, 2.05) is 26.4 Å². The summed E-state index contributed by atoms with van der Waals surface area (Å²) < 4.78 is 2.17. The van der Waals surface area contributed by atoms with Gasteiger partial charge in [0.05, 0.1) is 0 Å². The topological polar surface area (TPSA) is 57.5 Å². The highest BCUT2D eigenvalue weighted by molar-refractivity contribution is 5.80. The Morgan fingerprint density at radius 2 is 1.85 bits per heavy atom. The van der Waals surface area contributed by atoms with Crippen molar-refractivity contribution in [2.75, 3.05) is 13.6 Å². The van der Waals surface area contributed by atoms with E-state index in [1.54, 1.807) is 0 Å². The Balaban J connectivity index is 1.26. The number of aliphatic imine (C=N–C) groups is 1. The zero-order valence-corrected chi connectivity index (χ0v) is 20.0. The van der Waals surface area contributed by atoms with Crippen LogP contribution in [0.3, 0.4) is 0 Å². The molecule has 0 bridgehead atoms. The molecule has 2 heterocycles. The van der Waals surface area contributed by atoms with Crippen molar-refractivity contribution in [3.63, 3.8) is 0 Å². The van der Waals surface area contributed by atoms with Crippen molar-refractivity contribution >= 4 is 5.96 Å². The predicted octanol–water partition coefficient (Wildman–Crippen LogP) is 3.96. The number of guanidine groups is 1. The van der Waals surface area contributed by atoms with E-state index >= 15 is 0 Å². The average molecular weight is 445 g/mol. The molecule has 0 spiro atoms. The molecule has 1 aliphatic heterocycles. The van der Waals surface area contributed by atoms with E-state index in [1.165, 1.54) is 16.7 Å². The van der Waals surface area contributed by atoms with Gasteiger partial charge in [0, 0.05) is 57.7 Å². The molecular formula is C27H36N6. The zero-order valence-electron chi connectivity index (χ0n) is 20.0. The van der Waals surface area contributed by atoms with E-state index in [0.717, 1.165) is 50.8 Å². The number of rotatable bonds is 7. The highest BCUT2D eigenvalue weighted by Crippen LogP contribution is 2.20. The standard InChI is InChI=1S/C27H36N6/c1-21-16-26(12-14-32(21)19-23-8-5-4-6-9-23)31-27(28-3)30-18-24-10-7-11-25(17-24)20-33-15-13-29-22(33)2/h4-11,13,15,17,21,26H,12,14,16,18-20H2,1-3H3,(H2,28,30,31). The molecule has 174 valence electrons. The Hall–Kier alpha value is -3.12. The summed E-state index contributed by atoms with van der Waals surface area (Å²) in [7, 11) is 1.85. The lowest BCUT2D eigenvalue weighted by Crippen LogP contribution is -2.51. The van der Waals surface area contributed by atoms with Gasteiger partial charge in [0.15, 0.2) is 5.96 Å². The lowest BCUT2D eigenvalue weighted by Gasteiger charge is -2.38.